The van der Waals surface area contributed by atoms with Crippen LogP contribution in [0.25, 0.3) is 22.8 Å². The van der Waals surface area contributed by atoms with Crippen LogP contribution in [-0.2, 0) is 6.42 Å². The fourth-order valence-electron chi connectivity index (χ4n) is 4.79. The molecule has 1 aliphatic carbocycles. The van der Waals surface area contributed by atoms with Gasteiger partial charge in [-0.25, -0.2) is 4.98 Å². The Morgan fingerprint density at radius 2 is 1.95 bits per heavy atom. The van der Waals surface area contributed by atoms with E-state index in [2.05, 4.69) is 34.5 Å². The fraction of sp³-hybridized carbons (Fsp3) is 0.536. The van der Waals surface area contributed by atoms with Crippen LogP contribution in [0.1, 0.15) is 61.8 Å². The second kappa shape index (κ2) is 13.0. The molecule has 0 spiro atoms. The summed E-state index contributed by atoms with van der Waals surface area (Å²) in [5.74, 6) is 2.87. The second-order valence-corrected chi connectivity index (χ2v) is 9.61. The van der Waals surface area contributed by atoms with Gasteiger partial charge in [-0.1, -0.05) is 24.9 Å². The number of rotatable bonds is 13. The quantitative estimate of drug-likeness (QED) is 0.292. The van der Waals surface area contributed by atoms with E-state index >= 15 is 0 Å². The van der Waals surface area contributed by atoms with Gasteiger partial charge in [0.1, 0.15) is 5.75 Å². The third-order valence-corrected chi connectivity index (χ3v) is 6.80. The first-order valence-corrected chi connectivity index (χ1v) is 13.2. The number of ether oxygens (including phenoxy) is 2. The number of benzene rings is 1. The minimum absolute atomic E-state index is 0.241. The number of aliphatic hydroxyl groups excluding tert-OH is 2. The van der Waals surface area contributed by atoms with E-state index in [-0.39, 0.29) is 6.61 Å². The molecule has 2 aromatic heterocycles. The molecule has 0 amide bonds. The molecular weight excluding hydrogens is 472 g/mol. The smallest absolute Gasteiger partial charge is 0.258 e. The van der Waals surface area contributed by atoms with Crippen LogP contribution >= 0.6 is 0 Å². The van der Waals surface area contributed by atoms with Gasteiger partial charge in [0.25, 0.3) is 5.89 Å². The van der Waals surface area contributed by atoms with Crippen molar-refractivity contribution in [3.05, 3.63) is 41.1 Å². The Hall–Kier alpha value is -3.01. The maximum Gasteiger partial charge on any atom is 0.258 e. The molecule has 0 bridgehead atoms. The molecule has 3 N–H and O–H groups in total. The van der Waals surface area contributed by atoms with Crippen molar-refractivity contribution in [1.82, 2.24) is 20.4 Å². The molecule has 0 saturated heterocycles. The van der Waals surface area contributed by atoms with Crippen LogP contribution in [0.2, 0.25) is 0 Å². The predicted molar refractivity (Wildman–Crippen MR) is 141 cm³/mol. The van der Waals surface area contributed by atoms with Gasteiger partial charge in [-0.15, -0.1) is 0 Å². The molecule has 4 rings (SSSR count). The Morgan fingerprint density at radius 1 is 1.14 bits per heavy atom. The van der Waals surface area contributed by atoms with Crippen molar-refractivity contribution < 1.29 is 24.2 Å². The molecule has 9 nitrogen and oxygen atoms in total. The lowest BCUT2D eigenvalue weighted by Gasteiger charge is -2.15. The summed E-state index contributed by atoms with van der Waals surface area (Å²) < 4.78 is 17.2. The molecule has 0 aliphatic heterocycles. The largest absolute Gasteiger partial charge is 0.493 e. The lowest BCUT2D eigenvalue weighted by atomic mass is 10.0. The van der Waals surface area contributed by atoms with Crippen LogP contribution in [0.3, 0.4) is 0 Å². The zero-order valence-electron chi connectivity index (χ0n) is 22.0. The summed E-state index contributed by atoms with van der Waals surface area (Å²) >= 11 is 0. The first-order valence-electron chi connectivity index (χ1n) is 13.2. The number of nitrogens with one attached hydrogen (secondary N) is 1. The maximum atomic E-state index is 9.39. The van der Waals surface area contributed by atoms with Gasteiger partial charge in [-0.05, 0) is 68.5 Å². The molecule has 1 aliphatic rings. The summed E-state index contributed by atoms with van der Waals surface area (Å²) in [5.41, 5.74) is 4.82. The average molecular weight is 511 g/mol. The Morgan fingerprint density at radius 3 is 2.68 bits per heavy atom. The highest BCUT2D eigenvalue weighted by molar-refractivity contribution is 5.64. The van der Waals surface area contributed by atoms with Crippen LogP contribution < -0.4 is 14.8 Å². The summed E-state index contributed by atoms with van der Waals surface area (Å²) in [6.45, 7) is 5.49. The minimum Gasteiger partial charge on any atom is -0.493 e. The standard InChI is InChI=1S/C28H38N4O5/c1-4-19-13-21(12-18(2)26(19)36-11-7-10-29-16-23(34)17-33)27-31-28(37-32-27)22-14-24(20-8-5-6-9-20)30-25(15-22)35-3/h12-15,20,23,29,33-34H,4-11,16-17H2,1-3H3. The molecular formula is C28H38N4O5. The third kappa shape index (κ3) is 6.85. The number of pyridine rings is 1. The molecule has 1 fully saturated rings. The summed E-state index contributed by atoms with van der Waals surface area (Å²) in [7, 11) is 1.63. The molecule has 1 unspecified atom stereocenters. The van der Waals surface area contributed by atoms with Gasteiger partial charge in [-0.3, -0.25) is 0 Å². The average Bonchev–Trinajstić information content (AvgIpc) is 3.63. The van der Waals surface area contributed by atoms with E-state index in [1.165, 1.54) is 12.8 Å². The third-order valence-electron chi connectivity index (χ3n) is 6.80. The van der Waals surface area contributed by atoms with E-state index < -0.39 is 6.10 Å². The van der Waals surface area contributed by atoms with Crippen molar-refractivity contribution in [2.45, 2.75) is 64.4 Å². The first-order chi connectivity index (χ1) is 18.0. The predicted octanol–water partition coefficient (Wildman–Crippen LogP) is 4.05. The zero-order chi connectivity index (χ0) is 26.2. The van der Waals surface area contributed by atoms with Gasteiger partial charge in [-0.2, -0.15) is 4.98 Å². The van der Waals surface area contributed by atoms with Crippen molar-refractivity contribution in [2.75, 3.05) is 33.4 Å². The summed E-state index contributed by atoms with van der Waals surface area (Å²) in [6.07, 6.45) is 5.61. The minimum atomic E-state index is -0.733. The lowest BCUT2D eigenvalue weighted by molar-refractivity contribution is 0.0942. The van der Waals surface area contributed by atoms with E-state index in [4.69, 9.17) is 24.1 Å². The van der Waals surface area contributed by atoms with Crippen LogP contribution in [-0.4, -0.2) is 64.9 Å². The highest BCUT2D eigenvalue weighted by Gasteiger charge is 2.22. The van der Waals surface area contributed by atoms with Gasteiger partial charge in [0.05, 0.1) is 26.4 Å². The second-order valence-electron chi connectivity index (χ2n) is 9.61. The maximum absolute atomic E-state index is 9.39. The number of aromatic nitrogens is 3. The van der Waals surface area contributed by atoms with E-state index in [1.807, 2.05) is 19.1 Å². The van der Waals surface area contributed by atoms with Crippen molar-refractivity contribution in [2.24, 2.45) is 0 Å². The molecule has 1 saturated carbocycles. The Balaban J connectivity index is 1.47. The highest BCUT2D eigenvalue weighted by Crippen LogP contribution is 2.36. The molecule has 200 valence electrons. The number of hydrogen-bond acceptors (Lipinski definition) is 9. The summed E-state index contributed by atoms with van der Waals surface area (Å²) in [5, 5.41) is 25.7. The number of nitrogens with zero attached hydrogens (tertiary/aromatic N) is 3. The van der Waals surface area contributed by atoms with Crippen LogP contribution in [0.5, 0.6) is 11.6 Å². The van der Waals surface area contributed by atoms with Gasteiger partial charge in [0, 0.05) is 35.3 Å². The SMILES string of the molecule is CCc1cc(-c2noc(-c3cc(OC)nc(C4CCCC4)c3)n2)cc(C)c1OCCCNCC(O)CO. The molecule has 1 aromatic carbocycles. The number of methoxy groups -OCH3 is 1. The Kier molecular flexibility index (Phi) is 9.49. The molecule has 0 radical (unpaired) electrons. The highest BCUT2D eigenvalue weighted by atomic mass is 16.5. The van der Waals surface area contributed by atoms with Gasteiger partial charge < -0.3 is 29.5 Å². The van der Waals surface area contributed by atoms with E-state index in [9.17, 15) is 5.11 Å². The molecule has 9 heteroatoms. The van der Waals surface area contributed by atoms with Gasteiger partial charge in [0.15, 0.2) is 0 Å². The zero-order valence-corrected chi connectivity index (χ0v) is 22.0. The van der Waals surface area contributed by atoms with Crippen molar-refractivity contribution in [1.29, 1.82) is 0 Å². The number of aliphatic hydroxyl groups is 2. The van der Waals surface area contributed by atoms with Crippen molar-refractivity contribution >= 4 is 0 Å². The van der Waals surface area contributed by atoms with Crippen LogP contribution in [0, 0.1) is 6.92 Å². The normalized spacial score (nSPS) is 14.7. The topological polar surface area (TPSA) is 123 Å². The first kappa shape index (κ1) is 27.0. The Bertz CT molecular complexity index is 1160. The Labute approximate surface area is 218 Å². The van der Waals surface area contributed by atoms with Crippen LogP contribution in [0.4, 0.5) is 0 Å². The van der Waals surface area contributed by atoms with E-state index in [0.717, 1.165) is 59.4 Å². The summed E-state index contributed by atoms with van der Waals surface area (Å²) in [4.78, 5) is 9.38. The molecule has 1 atom stereocenters. The lowest BCUT2D eigenvalue weighted by Crippen LogP contribution is -2.30. The van der Waals surface area contributed by atoms with E-state index in [1.54, 1.807) is 7.11 Å². The van der Waals surface area contributed by atoms with E-state index in [0.29, 0.717) is 43.2 Å². The number of hydrogen-bond donors (Lipinski definition) is 3. The summed E-state index contributed by atoms with van der Waals surface area (Å²) in [6, 6.07) is 7.98. The number of aryl methyl sites for hydroxylation is 2. The van der Waals surface area contributed by atoms with Gasteiger partial charge in [0.2, 0.25) is 11.7 Å². The van der Waals surface area contributed by atoms with Crippen molar-refractivity contribution in [3.8, 4) is 34.5 Å². The molecule has 3 aromatic rings. The van der Waals surface area contributed by atoms with Crippen LogP contribution in [0.15, 0.2) is 28.8 Å². The molecule has 2 heterocycles. The molecule has 37 heavy (non-hydrogen) atoms. The monoisotopic (exact) mass is 510 g/mol. The van der Waals surface area contributed by atoms with Gasteiger partial charge >= 0.3 is 0 Å². The van der Waals surface area contributed by atoms with Crippen molar-refractivity contribution in [3.63, 3.8) is 0 Å². The fourth-order valence-corrected chi connectivity index (χ4v) is 4.79.